The van der Waals surface area contributed by atoms with E-state index in [1.165, 1.54) is 0 Å². The molecule has 0 atom stereocenters. The van der Waals surface area contributed by atoms with E-state index in [0.717, 1.165) is 39.8 Å². The SMILES string of the molecule is COCCNc1nc2cc(-c3ncnn3-c3ccc(OC)cc3)ccc2n1C. The molecule has 1 N–H and O–H groups in total. The maximum atomic E-state index is 5.23. The van der Waals surface area contributed by atoms with Crippen molar-refractivity contribution < 1.29 is 9.47 Å². The molecule has 0 radical (unpaired) electrons. The molecule has 2 aromatic carbocycles. The lowest BCUT2D eigenvalue weighted by Crippen LogP contribution is -2.10. The number of aromatic nitrogens is 5. The zero-order valence-corrected chi connectivity index (χ0v) is 16.1. The van der Waals surface area contributed by atoms with Crippen LogP contribution in [0.25, 0.3) is 28.1 Å². The Balaban J connectivity index is 1.69. The van der Waals surface area contributed by atoms with Crippen LogP contribution in [0.15, 0.2) is 48.8 Å². The fourth-order valence-electron chi connectivity index (χ4n) is 3.11. The molecule has 0 saturated carbocycles. The van der Waals surface area contributed by atoms with Gasteiger partial charge in [-0.1, -0.05) is 0 Å². The molecular weight excluding hydrogens is 356 g/mol. The third-order valence-corrected chi connectivity index (χ3v) is 4.59. The number of fused-ring (bicyclic) bond motifs is 1. The summed E-state index contributed by atoms with van der Waals surface area (Å²) in [6.07, 6.45) is 1.56. The predicted molar refractivity (Wildman–Crippen MR) is 108 cm³/mol. The zero-order valence-electron chi connectivity index (χ0n) is 16.1. The highest BCUT2D eigenvalue weighted by Gasteiger charge is 2.13. The van der Waals surface area contributed by atoms with Gasteiger partial charge in [0.05, 0.1) is 30.4 Å². The van der Waals surface area contributed by atoms with Crippen molar-refractivity contribution in [1.82, 2.24) is 24.3 Å². The second kappa shape index (κ2) is 7.69. The zero-order chi connectivity index (χ0) is 19.5. The van der Waals surface area contributed by atoms with Crippen LogP contribution < -0.4 is 10.1 Å². The summed E-state index contributed by atoms with van der Waals surface area (Å²) in [6, 6.07) is 13.8. The molecule has 0 aliphatic carbocycles. The summed E-state index contributed by atoms with van der Waals surface area (Å²) in [6.45, 7) is 1.33. The molecule has 0 spiro atoms. The average Bonchev–Trinajstić information content (AvgIpc) is 3.33. The van der Waals surface area contributed by atoms with E-state index in [9.17, 15) is 0 Å². The molecule has 0 aliphatic rings. The Morgan fingerprint density at radius 3 is 2.64 bits per heavy atom. The van der Waals surface area contributed by atoms with E-state index in [4.69, 9.17) is 14.5 Å². The van der Waals surface area contributed by atoms with Gasteiger partial charge in [-0.2, -0.15) is 5.10 Å². The number of benzene rings is 2. The number of hydrogen-bond acceptors (Lipinski definition) is 6. The number of hydrogen-bond donors (Lipinski definition) is 1. The normalized spacial score (nSPS) is 11.1. The second-order valence-electron chi connectivity index (χ2n) is 6.31. The van der Waals surface area contributed by atoms with Crippen LogP contribution in [-0.2, 0) is 11.8 Å². The molecule has 8 heteroatoms. The van der Waals surface area contributed by atoms with Crippen molar-refractivity contribution >= 4 is 17.0 Å². The van der Waals surface area contributed by atoms with Crippen molar-refractivity contribution in [2.75, 3.05) is 32.7 Å². The summed E-state index contributed by atoms with van der Waals surface area (Å²) in [5.74, 6) is 2.36. The van der Waals surface area contributed by atoms with Gasteiger partial charge in [-0.15, -0.1) is 0 Å². The Morgan fingerprint density at radius 2 is 1.89 bits per heavy atom. The highest BCUT2D eigenvalue weighted by atomic mass is 16.5. The van der Waals surface area contributed by atoms with Crippen LogP contribution in [0.2, 0.25) is 0 Å². The van der Waals surface area contributed by atoms with Crippen LogP contribution in [0.1, 0.15) is 0 Å². The largest absolute Gasteiger partial charge is 0.497 e. The Kier molecular flexibility index (Phi) is 4.94. The quantitative estimate of drug-likeness (QED) is 0.498. The molecule has 8 nitrogen and oxygen atoms in total. The van der Waals surface area contributed by atoms with Crippen molar-refractivity contribution in [3.05, 3.63) is 48.8 Å². The molecule has 0 fully saturated rings. The summed E-state index contributed by atoms with van der Waals surface area (Å²) in [4.78, 5) is 9.16. The van der Waals surface area contributed by atoms with Gasteiger partial charge in [-0.25, -0.2) is 14.6 Å². The Hall–Kier alpha value is -3.39. The number of rotatable bonds is 7. The second-order valence-corrected chi connectivity index (χ2v) is 6.31. The Labute approximate surface area is 162 Å². The molecule has 2 aromatic heterocycles. The van der Waals surface area contributed by atoms with Gasteiger partial charge in [-0.3, -0.25) is 0 Å². The maximum Gasteiger partial charge on any atom is 0.203 e. The van der Waals surface area contributed by atoms with Crippen molar-refractivity contribution in [2.24, 2.45) is 7.05 Å². The van der Waals surface area contributed by atoms with Gasteiger partial charge >= 0.3 is 0 Å². The average molecular weight is 378 g/mol. The summed E-state index contributed by atoms with van der Waals surface area (Å²) in [5, 5.41) is 7.67. The molecule has 0 saturated heterocycles. The van der Waals surface area contributed by atoms with Crippen molar-refractivity contribution in [3.63, 3.8) is 0 Å². The third-order valence-electron chi connectivity index (χ3n) is 4.59. The Bertz CT molecular complexity index is 1080. The van der Waals surface area contributed by atoms with Crippen LogP contribution in [0, 0.1) is 0 Å². The fraction of sp³-hybridized carbons (Fsp3) is 0.250. The number of nitrogens with zero attached hydrogens (tertiary/aromatic N) is 5. The van der Waals surface area contributed by atoms with Gasteiger partial charge in [0.2, 0.25) is 5.95 Å². The minimum Gasteiger partial charge on any atom is -0.497 e. The van der Waals surface area contributed by atoms with Gasteiger partial charge in [0.15, 0.2) is 5.82 Å². The van der Waals surface area contributed by atoms with Crippen LogP contribution in [0.3, 0.4) is 0 Å². The molecular formula is C20H22N6O2. The van der Waals surface area contributed by atoms with Crippen molar-refractivity contribution in [1.29, 1.82) is 0 Å². The first-order valence-electron chi connectivity index (χ1n) is 8.95. The first-order chi connectivity index (χ1) is 13.7. The van der Waals surface area contributed by atoms with Gasteiger partial charge < -0.3 is 19.4 Å². The van der Waals surface area contributed by atoms with E-state index < -0.39 is 0 Å². The van der Waals surface area contributed by atoms with Gasteiger partial charge in [0.1, 0.15) is 12.1 Å². The lowest BCUT2D eigenvalue weighted by Gasteiger charge is -2.07. The maximum absolute atomic E-state index is 5.23. The van der Waals surface area contributed by atoms with E-state index in [2.05, 4.69) is 15.4 Å². The molecule has 4 rings (SSSR count). The molecule has 144 valence electrons. The lowest BCUT2D eigenvalue weighted by molar-refractivity contribution is 0.210. The summed E-state index contributed by atoms with van der Waals surface area (Å²) < 4.78 is 14.2. The van der Waals surface area contributed by atoms with E-state index >= 15 is 0 Å². The van der Waals surface area contributed by atoms with Crippen LogP contribution >= 0.6 is 0 Å². The molecule has 0 bridgehead atoms. The summed E-state index contributed by atoms with van der Waals surface area (Å²) in [7, 11) is 5.32. The summed E-state index contributed by atoms with van der Waals surface area (Å²) >= 11 is 0. The number of anilines is 1. The highest BCUT2D eigenvalue weighted by molar-refractivity contribution is 5.83. The van der Waals surface area contributed by atoms with Crippen LogP contribution in [-0.4, -0.2) is 51.7 Å². The molecule has 0 amide bonds. The highest BCUT2D eigenvalue weighted by Crippen LogP contribution is 2.26. The summed E-state index contributed by atoms with van der Waals surface area (Å²) in [5.41, 5.74) is 3.79. The predicted octanol–water partition coefficient (Wildman–Crippen LogP) is 2.89. The minimum atomic E-state index is 0.624. The number of imidazole rings is 1. The standard InChI is InChI=1S/C20H22N6O2/c1-25-18-9-4-14(12-17(18)24-20(25)21-10-11-27-2)19-22-13-23-26(19)15-5-7-16(28-3)8-6-15/h4-9,12-13H,10-11H2,1-3H3,(H,21,24). The molecule has 0 unspecified atom stereocenters. The van der Waals surface area contributed by atoms with Gasteiger partial charge in [-0.05, 0) is 42.5 Å². The molecule has 4 aromatic rings. The topological polar surface area (TPSA) is 79.0 Å². The Morgan fingerprint density at radius 1 is 1.07 bits per heavy atom. The van der Waals surface area contributed by atoms with Gasteiger partial charge in [0.25, 0.3) is 0 Å². The molecule has 28 heavy (non-hydrogen) atoms. The van der Waals surface area contributed by atoms with Crippen molar-refractivity contribution in [2.45, 2.75) is 0 Å². The minimum absolute atomic E-state index is 0.624. The van der Waals surface area contributed by atoms with E-state index in [1.54, 1.807) is 25.2 Å². The van der Waals surface area contributed by atoms with Gasteiger partial charge in [0, 0.05) is 26.3 Å². The number of ether oxygens (including phenoxy) is 2. The smallest absolute Gasteiger partial charge is 0.203 e. The van der Waals surface area contributed by atoms with E-state index in [1.807, 2.05) is 54.1 Å². The van der Waals surface area contributed by atoms with E-state index in [0.29, 0.717) is 13.2 Å². The molecule has 2 heterocycles. The fourth-order valence-corrected chi connectivity index (χ4v) is 3.11. The first kappa shape index (κ1) is 18.0. The monoisotopic (exact) mass is 378 g/mol. The van der Waals surface area contributed by atoms with Crippen molar-refractivity contribution in [3.8, 4) is 22.8 Å². The van der Waals surface area contributed by atoms with Crippen LogP contribution in [0.4, 0.5) is 5.95 Å². The third kappa shape index (κ3) is 3.29. The molecule has 0 aliphatic heterocycles. The number of methoxy groups -OCH3 is 2. The first-order valence-corrected chi connectivity index (χ1v) is 8.95. The lowest BCUT2D eigenvalue weighted by atomic mass is 10.2. The number of nitrogens with one attached hydrogen (secondary N) is 1. The number of aryl methyl sites for hydroxylation is 1. The van der Waals surface area contributed by atoms with Crippen LogP contribution in [0.5, 0.6) is 5.75 Å². The van der Waals surface area contributed by atoms with E-state index in [-0.39, 0.29) is 0 Å².